The number of thiophene rings is 1. The minimum atomic E-state index is 0.380. The number of nitrogens with zero attached hydrogens (tertiary/aromatic N) is 1. The average Bonchev–Trinajstić information content (AvgIpc) is 2.95. The minimum Gasteiger partial charge on any atom is -0.307 e. The van der Waals surface area contributed by atoms with Gasteiger partial charge in [0.05, 0.1) is 10.2 Å². The maximum Gasteiger partial charge on any atom is 0.0809 e. The minimum absolute atomic E-state index is 0.380. The van der Waals surface area contributed by atoms with E-state index in [1.54, 1.807) is 11.3 Å². The fourth-order valence-corrected chi connectivity index (χ4v) is 4.15. The van der Waals surface area contributed by atoms with Crippen molar-refractivity contribution in [2.24, 2.45) is 5.92 Å². The quantitative estimate of drug-likeness (QED) is 0.864. The number of hydrogen-bond donors (Lipinski definition) is 1. The lowest BCUT2D eigenvalue weighted by atomic mass is 9.84. The van der Waals surface area contributed by atoms with Gasteiger partial charge in [0.2, 0.25) is 0 Å². The van der Waals surface area contributed by atoms with Crippen molar-refractivity contribution < 1.29 is 0 Å². The number of hydrogen-bond acceptors (Lipinski definition) is 3. The summed E-state index contributed by atoms with van der Waals surface area (Å²) in [4.78, 5) is 4.55. The Kier molecular flexibility index (Phi) is 4.37. The largest absolute Gasteiger partial charge is 0.307 e. The SMILES string of the molecule is CC(N[C@H](C)C1CCCCC1)c1cnc2ccsc2c1. The third-order valence-electron chi connectivity index (χ3n) is 4.69. The van der Waals surface area contributed by atoms with E-state index in [-0.39, 0.29) is 0 Å². The van der Waals surface area contributed by atoms with Gasteiger partial charge in [-0.3, -0.25) is 4.98 Å². The summed E-state index contributed by atoms with van der Waals surface area (Å²) in [6.45, 7) is 4.61. The summed E-state index contributed by atoms with van der Waals surface area (Å²) in [7, 11) is 0. The van der Waals surface area contributed by atoms with E-state index in [4.69, 9.17) is 0 Å². The molecule has 0 amide bonds. The van der Waals surface area contributed by atoms with Crippen molar-refractivity contribution in [3.05, 3.63) is 29.3 Å². The lowest BCUT2D eigenvalue weighted by Gasteiger charge is -2.30. The van der Waals surface area contributed by atoms with Crippen molar-refractivity contribution in [3.63, 3.8) is 0 Å². The molecular formula is C17H24N2S. The van der Waals surface area contributed by atoms with Crippen LogP contribution in [0.1, 0.15) is 57.6 Å². The van der Waals surface area contributed by atoms with Gasteiger partial charge in [0, 0.05) is 18.3 Å². The van der Waals surface area contributed by atoms with Crippen LogP contribution in [0, 0.1) is 5.92 Å². The first kappa shape index (κ1) is 14.0. The molecule has 2 nitrogen and oxygen atoms in total. The summed E-state index contributed by atoms with van der Waals surface area (Å²) < 4.78 is 1.29. The second kappa shape index (κ2) is 6.23. The fraction of sp³-hybridized carbons (Fsp3) is 0.588. The molecule has 0 saturated heterocycles. The highest BCUT2D eigenvalue weighted by atomic mass is 32.1. The highest BCUT2D eigenvalue weighted by molar-refractivity contribution is 7.17. The van der Waals surface area contributed by atoms with Crippen molar-refractivity contribution in [1.82, 2.24) is 10.3 Å². The van der Waals surface area contributed by atoms with Crippen molar-refractivity contribution in [1.29, 1.82) is 0 Å². The molecule has 1 saturated carbocycles. The summed E-state index contributed by atoms with van der Waals surface area (Å²) in [6, 6.07) is 5.36. The molecule has 3 rings (SSSR count). The van der Waals surface area contributed by atoms with Crippen molar-refractivity contribution >= 4 is 21.6 Å². The molecule has 108 valence electrons. The zero-order chi connectivity index (χ0) is 13.9. The molecule has 0 radical (unpaired) electrons. The standard InChI is InChI=1S/C17H24N2S/c1-12(14-6-4-3-5-7-14)19-13(2)15-10-17-16(18-11-15)8-9-20-17/h8-14,19H,3-7H2,1-2H3/t12-,13?/m1/s1. The van der Waals surface area contributed by atoms with Gasteiger partial charge in [0.25, 0.3) is 0 Å². The van der Waals surface area contributed by atoms with E-state index < -0.39 is 0 Å². The summed E-state index contributed by atoms with van der Waals surface area (Å²) in [6.07, 6.45) is 9.06. The highest BCUT2D eigenvalue weighted by Gasteiger charge is 2.21. The molecule has 2 heterocycles. The second-order valence-corrected chi connectivity index (χ2v) is 7.10. The van der Waals surface area contributed by atoms with Gasteiger partial charge >= 0.3 is 0 Å². The monoisotopic (exact) mass is 288 g/mol. The lowest BCUT2D eigenvalue weighted by molar-refractivity contribution is 0.268. The Morgan fingerprint density at radius 3 is 2.85 bits per heavy atom. The molecule has 1 unspecified atom stereocenters. The summed E-state index contributed by atoms with van der Waals surface area (Å²) in [5, 5.41) is 5.90. The molecular weight excluding hydrogens is 264 g/mol. The predicted octanol–water partition coefficient (Wildman–Crippen LogP) is 4.92. The van der Waals surface area contributed by atoms with E-state index in [9.17, 15) is 0 Å². The van der Waals surface area contributed by atoms with Crippen LogP contribution in [0.25, 0.3) is 10.2 Å². The molecule has 0 aromatic carbocycles. The number of rotatable bonds is 4. The Morgan fingerprint density at radius 1 is 1.25 bits per heavy atom. The summed E-state index contributed by atoms with van der Waals surface area (Å²) in [5.74, 6) is 0.852. The van der Waals surface area contributed by atoms with Gasteiger partial charge in [0.15, 0.2) is 0 Å². The maximum absolute atomic E-state index is 4.55. The Morgan fingerprint density at radius 2 is 2.05 bits per heavy atom. The van der Waals surface area contributed by atoms with Crippen LogP contribution in [0.15, 0.2) is 23.7 Å². The molecule has 1 fully saturated rings. The number of nitrogens with one attached hydrogen (secondary N) is 1. The van der Waals surface area contributed by atoms with Crippen LogP contribution in [0.5, 0.6) is 0 Å². The second-order valence-electron chi connectivity index (χ2n) is 6.15. The van der Waals surface area contributed by atoms with Gasteiger partial charge in [0.1, 0.15) is 0 Å². The molecule has 2 aromatic rings. The van der Waals surface area contributed by atoms with Gasteiger partial charge in [-0.1, -0.05) is 19.3 Å². The molecule has 1 N–H and O–H groups in total. The van der Waals surface area contributed by atoms with Crippen LogP contribution in [0.4, 0.5) is 0 Å². The van der Waals surface area contributed by atoms with E-state index in [0.29, 0.717) is 12.1 Å². The fourth-order valence-electron chi connectivity index (χ4n) is 3.36. The van der Waals surface area contributed by atoms with Crippen LogP contribution in [-0.4, -0.2) is 11.0 Å². The first-order chi connectivity index (χ1) is 9.74. The Labute approximate surface area is 125 Å². The number of fused-ring (bicyclic) bond motifs is 1. The highest BCUT2D eigenvalue weighted by Crippen LogP contribution is 2.28. The molecule has 2 atom stereocenters. The van der Waals surface area contributed by atoms with Gasteiger partial charge in [-0.15, -0.1) is 11.3 Å². The Hall–Kier alpha value is -0.930. The predicted molar refractivity (Wildman–Crippen MR) is 87.2 cm³/mol. The van der Waals surface area contributed by atoms with Crippen LogP contribution in [0.3, 0.4) is 0 Å². The zero-order valence-corrected chi connectivity index (χ0v) is 13.2. The third kappa shape index (κ3) is 3.04. The van der Waals surface area contributed by atoms with E-state index >= 15 is 0 Å². The summed E-state index contributed by atoms with van der Waals surface area (Å²) in [5.41, 5.74) is 2.42. The summed E-state index contributed by atoms with van der Waals surface area (Å²) >= 11 is 1.78. The molecule has 1 aliphatic rings. The van der Waals surface area contributed by atoms with Crippen molar-refractivity contribution in [3.8, 4) is 0 Å². The van der Waals surface area contributed by atoms with Crippen LogP contribution in [0.2, 0.25) is 0 Å². The first-order valence-electron chi connectivity index (χ1n) is 7.83. The Bertz CT molecular complexity index is 557. The average molecular weight is 288 g/mol. The van der Waals surface area contributed by atoms with Crippen molar-refractivity contribution in [2.75, 3.05) is 0 Å². The van der Waals surface area contributed by atoms with Gasteiger partial charge in [-0.25, -0.2) is 0 Å². The molecule has 20 heavy (non-hydrogen) atoms. The molecule has 3 heteroatoms. The van der Waals surface area contributed by atoms with Gasteiger partial charge in [-0.2, -0.15) is 0 Å². The molecule has 1 aliphatic carbocycles. The zero-order valence-electron chi connectivity index (χ0n) is 12.4. The van der Waals surface area contributed by atoms with Gasteiger partial charge in [-0.05, 0) is 55.7 Å². The van der Waals surface area contributed by atoms with Crippen LogP contribution in [-0.2, 0) is 0 Å². The molecule has 2 aromatic heterocycles. The number of aromatic nitrogens is 1. The number of pyridine rings is 1. The molecule has 0 bridgehead atoms. The van der Waals surface area contributed by atoms with E-state index in [1.165, 1.54) is 42.4 Å². The molecule has 0 aliphatic heterocycles. The van der Waals surface area contributed by atoms with Gasteiger partial charge < -0.3 is 5.32 Å². The smallest absolute Gasteiger partial charge is 0.0809 e. The lowest BCUT2D eigenvalue weighted by Crippen LogP contribution is -2.36. The van der Waals surface area contributed by atoms with Crippen LogP contribution < -0.4 is 5.32 Å². The van der Waals surface area contributed by atoms with Crippen molar-refractivity contribution in [2.45, 2.75) is 58.0 Å². The van der Waals surface area contributed by atoms with E-state index in [0.717, 1.165) is 11.4 Å². The third-order valence-corrected chi connectivity index (χ3v) is 5.55. The normalized spacial score (nSPS) is 20.1. The molecule has 0 spiro atoms. The van der Waals surface area contributed by atoms with E-state index in [1.807, 2.05) is 6.20 Å². The van der Waals surface area contributed by atoms with Crippen LogP contribution >= 0.6 is 11.3 Å². The van der Waals surface area contributed by atoms with E-state index in [2.05, 4.69) is 41.7 Å². The first-order valence-corrected chi connectivity index (χ1v) is 8.71. The Balaban J connectivity index is 1.66. The maximum atomic E-state index is 4.55. The topological polar surface area (TPSA) is 24.9 Å².